The zero-order valence-electron chi connectivity index (χ0n) is 18.3. The molecule has 172 valence electrons. The van der Waals surface area contributed by atoms with Crippen LogP contribution in [-0.4, -0.2) is 37.3 Å². The molecule has 34 heavy (non-hydrogen) atoms. The Balaban J connectivity index is 1.75. The number of alkyl halides is 2. The van der Waals surface area contributed by atoms with Gasteiger partial charge in [-0.1, -0.05) is 0 Å². The van der Waals surface area contributed by atoms with Gasteiger partial charge in [-0.3, -0.25) is 9.36 Å². The Morgan fingerprint density at radius 3 is 2.62 bits per heavy atom. The van der Waals surface area contributed by atoms with Gasteiger partial charge in [-0.15, -0.1) is 0 Å². The Morgan fingerprint density at radius 2 is 1.88 bits per heavy atom. The van der Waals surface area contributed by atoms with E-state index in [0.717, 1.165) is 11.0 Å². The lowest BCUT2D eigenvalue weighted by atomic mass is 10.1. The predicted octanol–water partition coefficient (Wildman–Crippen LogP) is 4.33. The fourth-order valence-corrected chi connectivity index (χ4v) is 3.81. The van der Waals surface area contributed by atoms with Gasteiger partial charge in [0.15, 0.2) is 0 Å². The maximum Gasteiger partial charge on any atom is 0.388 e. The van der Waals surface area contributed by atoms with Crippen LogP contribution in [0.1, 0.15) is 6.92 Å². The quantitative estimate of drug-likeness (QED) is 0.373. The summed E-state index contributed by atoms with van der Waals surface area (Å²) in [6.07, 6.45) is 4.73. The number of hydrogen-bond acceptors (Lipinski definition) is 6. The highest BCUT2D eigenvalue weighted by Crippen LogP contribution is 2.28. The normalized spacial score (nSPS) is 11.4. The number of imidazole rings is 1. The second-order valence-electron chi connectivity index (χ2n) is 7.49. The van der Waals surface area contributed by atoms with Crippen molar-refractivity contribution in [3.8, 4) is 28.6 Å². The van der Waals surface area contributed by atoms with E-state index in [4.69, 9.17) is 4.74 Å². The molecule has 0 saturated carbocycles. The Morgan fingerprint density at radius 1 is 1.06 bits per heavy atom. The highest BCUT2D eigenvalue weighted by Gasteiger charge is 2.17. The van der Waals surface area contributed by atoms with E-state index < -0.39 is 6.61 Å². The van der Waals surface area contributed by atoms with Gasteiger partial charge in [0.25, 0.3) is 5.56 Å². The van der Waals surface area contributed by atoms with Crippen LogP contribution in [0.2, 0.25) is 0 Å². The summed E-state index contributed by atoms with van der Waals surface area (Å²) >= 11 is 0. The van der Waals surface area contributed by atoms with Crippen LogP contribution in [0.15, 0.2) is 66.0 Å². The van der Waals surface area contributed by atoms with E-state index in [1.165, 1.54) is 22.9 Å². The molecule has 0 fully saturated rings. The van der Waals surface area contributed by atoms with Crippen molar-refractivity contribution >= 4 is 21.9 Å². The molecular formula is C24H19F2N5O3. The van der Waals surface area contributed by atoms with Crippen molar-refractivity contribution in [1.82, 2.24) is 24.1 Å². The fraction of sp³-hybridized carbons (Fsp3) is 0.167. The van der Waals surface area contributed by atoms with E-state index in [-0.39, 0.29) is 17.0 Å². The van der Waals surface area contributed by atoms with Crippen LogP contribution in [-0.2, 0) is 7.05 Å². The van der Waals surface area contributed by atoms with E-state index >= 15 is 0 Å². The summed E-state index contributed by atoms with van der Waals surface area (Å²) in [7, 11) is 1.88. The van der Waals surface area contributed by atoms with Gasteiger partial charge in [0.1, 0.15) is 0 Å². The van der Waals surface area contributed by atoms with E-state index in [1.54, 1.807) is 18.6 Å². The van der Waals surface area contributed by atoms with Crippen LogP contribution in [0.4, 0.5) is 8.78 Å². The van der Waals surface area contributed by atoms with Gasteiger partial charge in [0.05, 0.1) is 40.7 Å². The maximum absolute atomic E-state index is 13.8. The lowest BCUT2D eigenvalue weighted by Crippen LogP contribution is -2.20. The third-order valence-electron chi connectivity index (χ3n) is 5.35. The number of aromatic nitrogens is 5. The largest absolute Gasteiger partial charge is 0.478 e. The summed E-state index contributed by atoms with van der Waals surface area (Å²) in [6, 6.07) is 11.9. The first kappa shape index (κ1) is 21.5. The molecule has 10 heteroatoms. The van der Waals surface area contributed by atoms with Gasteiger partial charge >= 0.3 is 6.61 Å². The molecule has 4 aromatic heterocycles. The summed E-state index contributed by atoms with van der Waals surface area (Å²) in [4.78, 5) is 26.5. The van der Waals surface area contributed by atoms with Gasteiger partial charge in [-0.25, -0.2) is 15.0 Å². The molecule has 0 radical (unpaired) electrons. The van der Waals surface area contributed by atoms with Gasteiger partial charge < -0.3 is 14.0 Å². The molecule has 0 unspecified atom stereocenters. The van der Waals surface area contributed by atoms with Crippen LogP contribution in [0.3, 0.4) is 0 Å². The first-order chi connectivity index (χ1) is 16.4. The monoisotopic (exact) mass is 463 g/mol. The third kappa shape index (κ3) is 3.83. The number of hydrogen-bond donors (Lipinski definition) is 0. The van der Waals surface area contributed by atoms with Crippen LogP contribution in [0.25, 0.3) is 38.8 Å². The van der Waals surface area contributed by atoms with E-state index in [2.05, 4.69) is 19.7 Å². The van der Waals surface area contributed by atoms with Crippen molar-refractivity contribution in [2.24, 2.45) is 7.05 Å². The summed E-state index contributed by atoms with van der Waals surface area (Å²) < 4.78 is 38.3. The summed E-state index contributed by atoms with van der Waals surface area (Å²) in [5.41, 5.74) is 3.06. The first-order valence-corrected chi connectivity index (χ1v) is 10.5. The predicted molar refractivity (Wildman–Crippen MR) is 123 cm³/mol. The molecule has 0 amide bonds. The summed E-state index contributed by atoms with van der Waals surface area (Å²) in [5.74, 6) is 0.124. The summed E-state index contributed by atoms with van der Waals surface area (Å²) in [5, 5.41) is 0.691. The molecule has 0 aliphatic heterocycles. The third-order valence-corrected chi connectivity index (χ3v) is 5.35. The number of halogens is 2. The number of aryl methyl sites for hydroxylation is 1. The van der Waals surface area contributed by atoms with Gasteiger partial charge in [0, 0.05) is 42.5 Å². The topological polar surface area (TPSA) is 84.1 Å². The second-order valence-corrected chi connectivity index (χ2v) is 7.49. The van der Waals surface area contributed by atoms with Crippen molar-refractivity contribution in [2.75, 3.05) is 6.61 Å². The molecular weight excluding hydrogens is 444 g/mol. The molecule has 5 aromatic rings. The summed E-state index contributed by atoms with van der Waals surface area (Å²) in [6.45, 7) is -0.743. The van der Waals surface area contributed by atoms with Crippen LogP contribution >= 0.6 is 0 Å². The minimum atomic E-state index is -2.99. The van der Waals surface area contributed by atoms with Crippen LogP contribution in [0, 0.1) is 0 Å². The van der Waals surface area contributed by atoms with Gasteiger partial charge in [-0.05, 0) is 37.3 Å². The molecule has 0 atom stereocenters. The zero-order chi connectivity index (χ0) is 23.8. The SMILES string of the molecule is CCOc1ccc2cn(-c3ccc4ncn(C)c4c3)c(=O)c(-c3ccc(OC(F)F)nc3)c2n1. The number of ether oxygens (including phenoxy) is 2. The molecule has 8 nitrogen and oxygen atoms in total. The Hall–Kier alpha value is -4.34. The van der Waals surface area contributed by atoms with Crippen molar-refractivity contribution < 1.29 is 18.3 Å². The van der Waals surface area contributed by atoms with Crippen molar-refractivity contribution in [1.29, 1.82) is 0 Å². The van der Waals surface area contributed by atoms with Crippen LogP contribution in [0.5, 0.6) is 11.8 Å². The van der Waals surface area contributed by atoms with E-state index in [9.17, 15) is 13.6 Å². The van der Waals surface area contributed by atoms with E-state index in [1.807, 2.05) is 42.8 Å². The Bertz CT molecular complexity index is 1560. The van der Waals surface area contributed by atoms with E-state index in [0.29, 0.717) is 34.6 Å². The molecule has 0 aliphatic rings. The molecule has 4 heterocycles. The molecule has 0 aliphatic carbocycles. The Labute approximate surface area is 192 Å². The smallest absolute Gasteiger partial charge is 0.388 e. The number of nitrogens with zero attached hydrogens (tertiary/aromatic N) is 5. The second kappa shape index (κ2) is 8.54. The van der Waals surface area contributed by atoms with Crippen LogP contribution < -0.4 is 15.0 Å². The van der Waals surface area contributed by atoms with Crippen molar-refractivity contribution in [3.63, 3.8) is 0 Å². The average molecular weight is 463 g/mol. The number of fused-ring (bicyclic) bond motifs is 2. The molecule has 0 saturated heterocycles. The molecule has 1 aromatic carbocycles. The number of pyridine rings is 3. The zero-order valence-corrected chi connectivity index (χ0v) is 18.3. The average Bonchev–Trinajstić information content (AvgIpc) is 3.19. The van der Waals surface area contributed by atoms with Crippen molar-refractivity contribution in [2.45, 2.75) is 13.5 Å². The number of rotatable bonds is 6. The lowest BCUT2D eigenvalue weighted by Gasteiger charge is -2.13. The molecule has 0 spiro atoms. The van der Waals surface area contributed by atoms with Gasteiger partial charge in [0.2, 0.25) is 11.8 Å². The Kier molecular flexibility index (Phi) is 5.40. The van der Waals surface area contributed by atoms with Gasteiger partial charge in [-0.2, -0.15) is 8.78 Å². The standard InChI is InChI=1S/C24H19F2N5O3/c1-3-33-20-9-5-15-12-31(16-6-7-17-18(10-16)30(2)13-28-17)23(32)21(22(15)29-20)14-4-8-19(27-11-14)34-24(25)26/h4-13,24H,3H2,1-2H3. The first-order valence-electron chi connectivity index (χ1n) is 10.5. The maximum atomic E-state index is 13.8. The highest BCUT2D eigenvalue weighted by molar-refractivity contribution is 5.93. The lowest BCUT2D eigenvalue weighted by molar-refractivity contribution is -0.0528. The number of benzene rings is 1. The highest BCUT2D eigenvalue weighted by atomic mass is 19.3. The molecule has 0 bridgehead atoms. The molecule has 0 N–H and O–H groups in total. The minimum absolute atomic E-state index is 0.246. The van der Waals surface area contributed by atoms with Crippen molar-refractivity contribution in [3.05, 3.63) is 71.5 Å². The fourth-order valence-electron chi connectivity index (χ4n) is 3.81. The molecule has 5 rings (SSSR count). The minimum Gasteiger partial charge on any atom is -0.478 e.